The molecule has 1 heterocycles. The van der Waals surface area contributed by atoms with Crippen molar-refractivity contribution in [2.45, 2.75) is 45.6 Å². The average molecular weight is 271 g/mol. The Morgan fingerprint density at radius 3 is 2.70 bits per heavy atom. The molecule has 1 aromatic carbocycles. The van der Waals surface area contributed by atoms with E-state index in [1.807, 2.05) is 24.1 Å². The number of fused-ring (bicyclic) bond motifs is 1. The van der Waals surface area contributed by atoms with E-state index < -0.39 is 0 Å². The van der Waals surface area contributed by atoms with Gasteiger partial charge in [-0.15, -0.1) is 0 Å². The fourth-order valence-electron chi connectivity index (χ4n) is 3.05. The first-order valence-electron chi connectivity index (χ1n) is 7.31. The highest BCUT2D eigenvalue weighted by atomic mass is 16.2. The van der Waals surface area contributed by atoms with Crippen molar-refractivity contribution in [3.8, 4) is 0 Å². The van der Waals surface area contributed by atoms with Crippen LogP contribution in [0.25, 0.3) is 11.0 Å². The Morgan fingerprint density at radius 2 is 2.00 bits per heavy atom. The van der Waals surface area contributed by atoms with Crippen LogP contribution in [-0.4, -0.2) is 33.9 Å². The summed E-state index contributed by atoms with van der Waals surface area (Å²) >= 11 is 0. The number of hydrogen-bond acceptors (Lipinski definition) is 2. The summed E-state index contributed by atoms with van der Waals surface area (Å²) in [7, 11) is 1.89. The standard InChI is InChI=1S/C16H21N3O/c1-10-8-9-13-14(11(10)2)18-15(17-13)16(20)19(3)12-6-4-5-7-12/h8-9,12H,4-7H2,1-3H3,(H,17,18). The number of carbonyl (C=O) groups excluding carboxylic acids is 1. The molecule has 1 saturated carbocycles. The largest absolute Gasteiger partial charge is 0.336 e. The van der Waals surface area contributed by atoms with Crippen molar-refractivity contribution in [1.29, 1.82) is 0 Å². The summed E-state index contributed by atoms with van der Waals surface area (Å²) in [4.78, 5) is 22.1. The van der Waals surface area contributed by atoms with Crippen molar-refractivity contribution in [3.63, 3.8) is 0 Å². The van der Waals surface area contributed by atoms with Gasteiger partial charge in [-0.05, 0) is 43.9 Å². The van der Waals surface area contributed by atoms with E-state index in [9.17, 15) is 4.79 Å². The van der Waals surface area contributed by atoms with Gasteiger partial charge in [-0.1, -0.05) is 18.9 Å². The van der Waals surface area contributed by atoms with Gasteiger partial charge in [0.05, 0.1) is 11.0 Å². The van der Waals surface area contributed by atoms with Crippen molar-refractivity contribution < 1.29 is 4.79 Å². The molecule has 0 bridgehead atoms. The van der Waals surface area contributed by atoms with Gasteiger partial charge in [0.2, 0.25) is 0 Å². The molecule has 3 rings (SSSR count). The lowest BCUT2D eigenvalue weighted by atomic mass is 10.1. The summed E-state index contributed by atoms with van der Waals surface area (Å²) in [6, 6.07) is 4.40. The highest BCUT2D eigenvalue weighted by Crippen LogP contribution is 2.24. The zero-order chi connectivity index (χ0) is 14.3. The molecule has 0 saturated heterocycles. The molecule has 0 atom stereocenters. The quantitative estimate of drug-likeness (QED) is 0.912. The lowest BCUT2D eigenvalue weighted by Gasteiger charge is -2.23. The van der Waals surface area contributed by atoms with Gasteiger partial charge >= 0.3 is 0 Å². The second kappa shape index (κ2) is 4.93. The number of rotatable bonds is 2. The molecule has 2 aromatic rings. The Balaban J connectivity index is 1.93. The molecule has 1 N–H and O–H groups in total. The van der Waals surface area contributed by atoms with Gasteiger partial charge < -0.3 is 9.88 Å². The Bertz CT molecular complexity index is 653. The maximum absolute atomic E-state index is 12.5. The van der Waals surface area contributed by atoms with Crippen molar-refractivity contribution in [1.82, 2.24) is 14.9 Å². The first kappa shape index (κ1) is 13.2. The number of H-pyrrole nitrogens is 1. The van der Waals surface area contributed by atoms with Crippen LogP contribution in [-0.2, 0) is 0 Å². The minimum atomic E-state index is 0.00477. The molecule has 1 fully saturated rings. The van der Waals surface area contributed by atoms with Crippen molar-refractivity contribution in [2.24, 2.45) is 0 Å². The Morgan fingerprint density at radius 1 is 1.30 bits per heavy atom. The van der Waals surface area contributed by atoms with Crippen LogP contribution in [0.1, 0.15) is 47.4 Å². The Hall–Kier alpha value is -1.84. The summed E-state index contributed by atoms with van der Waals surface area (Å²) in [6.45, 7) is 4.13. The number of aromatic amines is 1. The van der Waals surface area contributed by atoms with Crippen LogP contribution < -0.4 is 0 Å². The molecule has 0 spiro atoms. The average Bonchev–Trinajstić information content (AvgIpc) is 3.10. The smallest absolute Gasteiger partial charge is 0.289 e. The summed E-state index contributed by atoms with van der Waals surface area (Å²) in [6.07, 6.45) is 4.67. The molecule has 1 amide bonds. The van der Waals surface area contributed by atoms with E-state index in [-0.39, 0.29) is 5.91 Å². The molecule has 4 heteroatoms. The minimum absolute atomic E-state index is 0.00477. The normalized spacial score (nSPS) is 15.9. The molecular weight excluding hydrogens is 250 g/mol. The van der Waals surface area contributed by atoms with E-state index in [4.69, 9.17) is 0 Å². The van der Waals surface area contributed by atoms with Crippen LogP contribution in [0.5, 0.6) is 0 Å². The summed E-state index contributed by atoms with van der Waals surface area (Å²) in [5, 5.41) is 0. The second-order valence-electron chi connectivity index (χ2n) is 5.84. The highest BCUT2D eigenvalue weighted by molar-refractivity contribution is 5.95. The number of aryl methyl sites for hydroxylation is 2. The van der Waals surface area contributed by atoms with E-state index in [0.717, 1.165) is 29.4 Å². The molecular formula is C16H21N3O. The predicted molar refractivity (Wildman–Crippen MR) is 79.9 cm³/mol. The minimum Gasteiger partial charge on any atom is -0.336 e. The number of nitrogens with zero attached hydrogens (tertiary/aromatic N) is 2. The topological polar surface area (TPSA) is 49.0 Å². The van der Waals surface area contributed by atoms with Crippen LogP contribution in [0.2, 0.25) is 0 Å². The third-order valence-electron chi connectivity index (χ3n) is 4.58. The molecule has 1 aromatic heterocycles. The van der Waals surface area contributed by atoms with Crippen LogP contribution in [0.15, 0.2) is 12.1 Å². The van der Waals surface area contributed by atoms with Crippen molar-refractivity contribution in [3.05, 3.63) is 29.1 Å². The maximum atomic E-state index is 12.5. The molecule has 0 radical (unpaired) electrons. The van der Waals surface area contributed by atoms with Gasteiger partial charge in [0.1, 0.15) is 0 Å². The Kier molecular flexibility index (Phi) is 3.24. The van der Waals surface area contributed by atoms with Crippen LogP contribution in [0, 0.1) is 13.8 Å². The second-order valence-corrected chi connectivity index (χ2v) is 5.84. The zero-order valence-corrected chi connectivity index (χ0v) is 12.4. The summed E-state index contributed by atoms with van der Waals surface area (Å²) in [5.41, 5.74) is 4.23. The molecule has 1 aliphatic rings. The molecule has 4 nitrogen and oxygen atoms in total. The van der Waals surface area contributed by atoms with Crippen molar-refractivity contribution in [2.75, 3.05) is 7.05 Å². The van der Waals surface area contributed by atoms with Gasteiger partial charge in [-0.2, -0.15) is 0 Å². The number of benzene rings is 1. The number of imidazole rings is 1. The number of nitrogens with one attached hydrogen (secondary N) is 1. The fourth-order valence-corrected chi connectivity index (χ4v) is 3.05. The fraction of sp³-hybridized carbons (Fsp3) is 0.500. The first-order chi connectivity index (χ1) is 9.58. The lowest BCUT2D eigenvalue weighted by molar-refractivity contribution is 0.0724. The van der Waals surface area contributed by atoms with Gasteiger partial charge in [0.15, 0.2) is 5.82 Å². The van der Waals surface area contributed by atoms with Crippen LogP contribution in [0.3, 0.4) is 0 Å². The van der Waals surface area contributed by atoms with E-state index in [0.29, 0.717) is 11.9 Å². The highest BCUT2D eigenvalue weighted by Gasteiger charge is 2.26. The number of hydrogen-bond donors (Lipinski definition) is 1. The summed E-state index contributed by atoms with van der Waals surface area (Å²) in [5.74, 6) is 0.466. The van der Waals surface area contributed by atoms with Crippen LogP contribution >= 0.6 is 0 Å². The molecule has 20 heavy (non-hydrogen) atoms. The van der Waals surface area contributed by atoms with Crippen molar-refractivity contribution >= 4 is 16.9 Å². The maximum Gasteiger partial charge on any atom is 0.289 e. The monoisotopic (exact) mass is 271 g/mol. The first-order valence-corrected chi connectivity index (χ1v) is 7.31. The summed E-state index contributed by atoms with van der Waals surface area (Å²) < 4.78 is 0. The molecule has 0 unspecified atom stereocenters. The predicted octanol–water partition coefficient (Wildman–Crippen LogP) is 3.19. The SMILES string of the molecule is Cc1ccc2nc(C(=O)N(C)C3CCCC3)[nH]c2c1C. The van der Waals surface area contributed by atoms with E-state index in [1.165, 1.54) is 18.4 Å². The van der Waals surface area contributed by atoms with Gasteiger partial charge in [-0.3, -0.25) is 4.79 Å². The van der Waals surface area contributed by atoms with E-state index in [2.05, 4.69) is 23.8 Å². The van der Waals surface area contributed by atoms with Gasteiger partial charge in [0.25, 0.3) is 5.91 Å². The molecule has 106 valence electrons. The third kappa shape index (κ3) is 2.09. The van der Waals surface area contributed by atoms with E-state index >= 15 is 0 Å². The lowest BCUT2D eigenvalue weighted by Crippen LogP contribution is -2.35. The van der Waals surface area contributed by atoms with Gasteiger partial charge in [-0.25, -0.2) is 4.98 Å². The Labute approximate surface area is 119 Å². The van der Waals surface area contributed by atoms with Gasteiger partial charge in [0, 0.05) is 13.1 Å². The third-order valence-corrected chi connectivity index (χ3v) is 4.58. The molecule has 0 aliphatic heterocycles. The number of aromatic nitrogens is 2. The number of carbonyl (C=O) groups is 1. The van der Waals surface area contributed by atoms with Crippen LogP contribution in [0.4, 0.5) is 0 Å². The zero-order valence-electron chi connectivity index (χ0n) is 12.4. The number of amides is 1. The van der Waals surface area contributed by atoms with E-state index in [1.54, 1.807) is 0 Å². The molecule has 1 aliphatic carbocycles.